The quantitative estimate of drug-likeness (QED) is 0.350. The molecule has 1 heterocycles. The van der Waals surface area contributed by atoms with Crippen molar-refractivity contribution in [2.75, 3.05) is 6.54 Å². The highest BCUT2D eigenvalue weighted by molar-refractivity contribution is 7.80. The van der Waals surface area contributed by atoms with E-state index in [-0.39, 0.29) is 11.8 Å². The third-order valence-electron chi connectivity index (χ3n) is 5.93. The number of thiocarbonyl (C=S) groups is 1. The lowest BCUT2D eigenvalue weighted by Crippen LogP contribution is -2.47. The van der Waals surface area contributed by atoms with E-state index in [0.29, 0.717) is 29.4 Å². The molecule has 1 aliphatic heterocycles. The highest BCUT2D eigenvalue weighted by atomic mass is 32.1. The molecule has 0 radical (unpaired) electrons. The SMILES string of the molecule is CCN1C(=S)NC(c2ccc(OCc3ccc(C)cc3)cc2)C(C(=O)c2ccccc2)=C1C. The van der Waals surface area contributed by atoms with Gasteiger partial charge < -0.3 is 15.0 Å². The summed E-state index contributed by atoms with van der Waals surface area (Å²) in [5.74, 6) is 0.788. The Bertz CT molecular complexity index is 1170. The van der Waals surface area contributed by atoms with Crippen molar-refractivity contribution in [2.24, 2.45) is 0 Å². The van der Waals surface area contributed by atoms with Crippen LogP contribution in [0.2, 0.25) is 0 Å². The average molecular weight is 457 g/mol. The standard InChI is InChI=1S/C28H28N2O2S/c1-4-30-20(3)25(27(31)23-8-6-5-7-9-23)26(29-28(30)33)22-14-16-24(17-15-22)32-18-21-12-10-19(2)11-13-21/h5-17,26H,4,18H2,1-3H3,(H,29,33). The zero-order chi connectivity index (χ0) is 23.4. The van der Waals surface area contributed by atoms with E-state index in [4.69, 9.17) is 17.0 Å². The number of carbonyl (C=O) groups is 1. The van der Waals surface area contributed by atoms with Crippen LogP contribution in [0.4, 0.5) is 0 Å². The number of rotatable bonds is 7. The van der Waals surface area contributed by atoms with Gasteiger partial charge in [-0.15, -0.1) is 0 Å². The number of carbonyl (C=O) groups excluding carboxylic acids is 1. The Morgan fingerprint density at radius 1 is 0.970 bits per heavy atom. The average Bonchev–Trinajstić information content (AvgIpc) is 2.84. The lowest BCUT2D eigenvalue weighted by molar-refractivity contribution is 0.102. The molecule has 3 aromatic rings. The third kappa shape index (κ3) is 4.99. The summed E-state index contributed by atoms with van der Waals surface area (Å²) in [4.78, 5) is 15.5. The first kappa shape index (κ1) is 22.7. The lowest BCUT2D eigenvalue weighted by Gasteiger charge is -2.37. The molecule has 0 aromatic heterocycles. The van der Waals surface area contributed by atoms with Crippen LogP contribution in [0.3, 0.4) is 0 Å². The van der Waals surface area contributed by atoms with Gasteiger partial charge in [0, 0.05) is 23.4 Å². The summed E-state index contributed by atoms with van der Waals surface area (Å²) in [6.45, 7) is 7.28. The van der Waals surface area contributed by atoms with Crippen molar-refractivity contribution in [3.8, 4) is 5.75 Å². The summed E-state index contributed by atoms with van der Waals surface area (Å²) in [7, 11) is 0. The number of nitrogens with one attached hydrogen (secondary N) is 1. The van der Waals surface area contributed by atoms with E-state index in [1.165, 1.54) is 5.56 Å². The van der Waals surface area contributed by atoms with Gasteiger partial charge >= 0.3 is 0 Å². The summed E-state index contributed by atoms with van der Waals surface area (Å²) >= 11 is 5.61. The maximum atomic E-state index is 13.5. The van der Waals surface area contributed by atoms with Crippen molar-refractivity contribution in [1.29, 1.82) is 0 Å². The molecule has 1 unspecified atom stereocenters. The number of allylic oxidation sites excluding steroid dienone is 1. The molecule has 3 aromatic carbocycles. The molecular formula is C28H28N2O2S. The molecular weight excluding hydrogens is 428 g/mol. The van der Waals surface area contributed by atoms with Gasteiger partial charge in [0.05, 0.1) is 6.04 Å². The second kappa shape index (κ2) is 10.0. The fourth-order valence-corrected chi connectivity index (χ4v) is 4.44. The van der Waals surface area contributed by atoms with E-state index in [1.54, 1.807) is 0 Å². The second-order valence-electron chi connectivity index (χ2n) is 8.16. The van der Waals surface area contributed by atoms with Crippen LogP contribution in [0.15, 0.2) is 90.1 Å². The van der Waals surface area contributed by atoms with E-state index in [1.807, 2.05) is 73.3 Å². The number of Topliss-reactive ketones (excluding diaryl/α,β-unsaturated/α-hetero) is 1. The van der Waals surface area contributed by atoms with Crippen LogP contribution in [-0.2, 0) is 6.61 Å². The fourth-order valence-electron chi connectivity index (χ4n) is 4.06. The zero-order valence-electron chi connectivity index (χ0n) is 19.2. The Balaban J connectivity index is 1.60. The molecule has 1 aliphatic rings. The summed E-state index contributed by atoms with van der Waals surface area (Å²) in [6, 6.07) is 25.3. The van der Waals surface area contributed by atoms with Crippen molar-refractivity contribution in [3.63, 3.8) is 0 Å². The fraction of sp³-hybridized carbons (Fsp3) is 0.214. The lowest BCUT2D eigenvalue weighted by atomic mass is 9.89. The number of nitrogens with zero attached hydrogens (tertiary/aromatic N) is 1. The molecule has 0 spiro atoms. The van der Waals surface area contributed by atoms with Crippen LogP contribution in [-0.4, -0.2) is 22.3 Å². The van der Waals surface area contributed by atoms with Gasteiger partial charge in [-0.2, -0.15) is 0 Å². The van der Waals surface area contributed by atoms with Crippen molar-refractivity contribution in [3.05, 3.63) is 112 Å². The molecule has 0 saturated carbocycles. The van der Waals surface area contributed by atoms with Gasteiger partial charge in [0.1, 0.15) is 12.4 Å². The van der Waals surface area contributed by atoms with Gasteiger partial charge in [0.2, 0.25) is 0 Å². The van der Waals surface area contributed by atoms with Crippen molar-refractivity contribution in [1.82, 2.24) is 10.2 Å². The number of benzene rings is 3. The van der Waals surface area contributed by atoms with E-state index >= 15 is 0 Å². The van der Waals surface area contributed by atoms with E-state index in [2.05, 4.69) is 36.5 Å². The first-order chi connectivity index (χ1) is 16.0. The molecule has 4 rings (SSSR count). The maximum Gasteiger partial charge on any atom is 0.193 e. The Morgan fingerprint density at radius 3 is 2.27 bits per heavy atom. The predicted octanol–water partition coefficient (Wildman–Crippen LogP) is 5.98. The minimum absolute atomic E-state index is 0.00578. The van der Waals surface area contributed by atoms with Crippen LogP contribution in [0.5, 0.6) is 5.75 Å². The molecule has 5 heteroatoms. The molecule has 1 N–H and O–H groups in total. The summed E-state index contributed by atoms with van der Waals surface area (Å²) in [5, 5.41) is 4.01. The number of hydrogen-bond donors (Lipinski definition) is 1. The van der Waals surface area contributed by atoms with E-state index < -0.39 is 0 Å². The summed E-state index contributed by atoms with van der Waals surface area (Å²) in [5.41, 5.74) is 5.59. The Morgan fingerprint density at radius 2 is 1.64 bits per heavy atom. The molecule has 0 saturated heterocycles. The largest absolute Gasteiger partial charge is 0.489 e. The topological polar surface area (TPSA) is 41.6 Å². The van der Waals surface area contributed by atoms with Crippen molar-refractivity contribution >= 4 is 23.1 Å². The normalized spacial score (nSPS) is 15.9. The van der Waals surface area contributed by atoms with Gasteiger partial charge in [-0.3, -0.25) is 4.79 Å². The van der Waals surface area contributed by atoms with Crippen molar-refractivity contribution in [2.45, 2.75) is 33.4 Å². The van der Waals surface area contributed by atoms with Crippen LogP contribution < -0.4 is 10.1 Å². The maximum absolute atomic E-state index is 13.5. The van der Waals surface area contributed by atoms with Gasteiger partial charge in [-0.1, -0.05) is 72.3 Å². The molecule has 0 bridgehead atoms. The van der Waals surface area contributed by atoms with Crippen LogP contribution >= 0.6 is 12.2 Å². The molecule has 0 aliphatic carbocycles. The van der Waals surface area contributed by atoms with E-state index in [0.717, 1.165) is 22.6 Å². The van der Waals surface area contributed by atoms with Gasteiger partial charge in [-0.05, 0) is 56.2 Å². The highest BCUT2D eigenvalue weighted by Gasteiger charge is 2.33. The molecule has 0 amide bonds. The third-order valence-corrected chi connectivity index (χ3v) is 6.27. The minimum Gasteiger partial charge on any atom is -0.489 e. The molecule has 0 fully saturated rings. The highest BCUT2D eigenvalue weighted by Crippen LogP contribution is 2.33. The van der Waals surface area contributed by atoms with Crippen LogP contribution in [0, 0.1) is 6.92 Å². The predicted molar refractivity (Wildman–Crippen MR) is 136 cm³/mol. The number of aryl methyl sites for hydroxylation is 1. The van der Waals surface area contributed by atoms with Crippen LogP contribution in [0.25, 0.3) is 0 Å². The van der Waals surface area contributed by atoms with Crippen molar-refractivity contribution < 1.29 is 9.53 Å². The number of ether oxygens (including phenoxy) is 1. The molecule has 4 nitrogen and oxygen atoms in total. The molecule has 33 heavy (non-hydrogen) atoms. The second-order valence-corrected chi connectivity index (χ2v) is 8.55. The summed E-state index contributed by atoms with van der Waals surface area (Å²) in [6.07, 6.45) is 0. The monoisotopic (exact) mass is 456 g/mol. The zero-order valence-corrected chi connectivity index (χ0v) is 20.0. The first-order valence-electron chi connectivity index (χ1n) is 11.1. The first-order valence-corrected chi connectivity index (χ1v) is 11.6. The molecule has 168 valence electrons. The summed E-state index contributed by atoms with van der Waals surface area (Å²) < 4.78 is 5.96. The van der Waals surface area contributed by atoms with E-state index in [9.17, 15) is 4.79 Å². The van der Waals surface area contributed by atoms with Gasteiger partial charge in [-0.25, -0.2) is 0 Å². The Hall–Kier alpha value is -3.44. The Kier molecular flexibility index (Phi) is 6.90. The van der Waals surface area contributed by atoms with Gasteiger partial charge in [0.25, 0.3) is 0 Å². The minimum atomic E-state index is -0.320. The molecule has 1 atom stereocenters. The van der Waals surface area contributed by atoms with Crippen LogP contribution in [0.1, 0.15) is 46.9 Å². The number of ketones is 1. The number of hydrogen-bond acceptors (Lipinski definition) is 3. The Labute approximate surface area is 200 Å². The smallest absolute Gasteiger partial charge is 0.193 e. The van der Waals surface area contributed by atoms with Gasteiger partial charge in [0.15, 0.2) is 10.9 Å².